The van der Waals surface area contributed by atoms with Gasteiger partial charge in [-0.25, -0.2) is 9.78 Å². The third kappa shape index (κ3) is 1.10. The van der Waals surface area contributed by atoms with Crippen LogP contribution in [0.1, 0.15) is 16.2 Å². The lowest BCUT2D eigenvalue weighted by Gasteiger charge is -1.98. The van der Waals surface area contributed by atoms with E-state index in [0.717, 1.165) is 0 Å². The van der Waals surface area contributed by atoms with Gasteiger partial charge in [-0.2, -0.15) is 0 Å². The Balaban J connectivity index is 2.86. The number of nitrogens with two attached hydrogens (primary N) is 1. The Morgan fingerprint density at radius 2 is 2.29 bits per heavy atom. The molecular weight excluding hydrogens is 182 g/mol. The van der Waals surface area contributed by atoms with Crippen LogP contribution in [0.15, 0.2) is 18.3 Å². The molecule has 5 nitrogen and oxygen atoms in total. The summed E-state index contributed by atoms with van der Waals surface area (Å²) in [4.78, 5) is 15.0. The minimum absolute atomic E-state index is 0.160. The maximum Gasteiger partial charge on any atom is 0.354 e. The van der Waals surface area contributed by atoms with Gasteiger partial charge in [-0.1, -0.05) is 0 Å². The molecule has 0 saturated heterocycles. The molecule has 0 unspecified atom stereocenters. The van der Waals surface area contributed by atoms with Gasteiger partial charge in [0.05, 0.1) is 5.69 Å². The van der Waals surface area contributed by atoms with Crippen LogP contribution in [0.25, 0.3) is 5.65 Å². The average molecular weight is 191 g/mol. The third-order valence-electron chi connectivity index (χ3n) is 2.02. The van der Waals surface area contributed by atoms with Crippen LogP contribution in [-0.4, -0.2) is 20.5 Å². The summed E-state index contributed by atoms with van der Waals surface area (Å²) in [5, 5.41) is 8.94. The van der Waals surface area contributed by atoms with E-state index in [1.165, 1.54) is 4.40 Å². The van der Waals surface area contributed by atoms with Crippen molar-refractivity contribution in [1.29, 1.82) is 0 Å². The van der Waals surface area contributed by atoms with Crippen molar-refractivity contribution in [2.75, 3.05) is 5.73 Å². The van der Waals surface area contributed by atoms with Crippen molar-refractivity contribution in [2.24, 2.45) is 0 Å². The fraction of sp³-hybridized carbons (Fsp3) is 0.111. The second kappa shape index (κ2) is 2.73. The summed E-state index contributed by atoms with van der Waals surface area (Å²) in [5.74, 6) is -0.999. The van der Waals surface area contributed by atoms with Gasteiger partial charge in [0.25, 0.3) is 0 Å². The lowest BCUT2D eigenvalue weighted by atomic mass is 10.3. The number of aryl methyl sites for hydroxylation is 1. The van der Waals surface area contributed by atoms with Crippen molar-refractivity contribution in [3.8, 4) is 0 Å². The highest BCUT2D eigenvalue weighted by Gasteiger charge is 2.14. The van der Waals surface area contributed by atoms with Gasteiger partial charge < -0.3 is 10.8 Å². The first-order valence-corrected chi connectivity index (χ1v) is 4.07. The van der Waals surface area contributed by atoms with Gasteiger partial charge in [0.15, 0.2) is 5.69 Å². The summed E-state index contributed by atoms with van der Waals surface area (Å²) >= 11 is 0. The lowest BCUT2D eigenvalue weighted by molar-refractivity contribution is 0.0688. The molecule has 0 fully saturated rings. The van der Waals surface area contributed by atoms with Crippen LogP contribution in [0.3, 0.4) is 0 Å². The number of pyridine rings is 1. The van der Waals surface area contributed by atoms with Gasteiger partial charge in [0.2, 0.25) is 0 Å². The van der Waals surface area contributed by atoms with Crippen LogP contribution >= 0.6 is 0 Å². The van der Waals surface area contributed by atoms with E-state index in [9.17, 15) is 4.79 Å². The molecule has 72 valence electrons. The molecule has 0 aliphatic rings. The molecule has 3 N–H and O–H groups in total. The standard InChI is InChI=1S/C9H9N3O2/c1-5-8(9(13)14)12-4-6(10)2-3-7(12)11-5/h2-4H,10H2,1H3,(H,13,14). The van der Waals surface area contributed by atoms with E-state index in [1.54, 1.807) is 25.3 Å². The summed E-state index contributed by atoms with van der Waals surface area (Å²) in [6.07, 6.45) is 1.55. The number of nitrogen functional groups attached to an aromatic ring is 1. The molecule has 0 aromatic carbocycles. The van der Waals surface area contributed by atoms with Crippen LogP contribution in [0.2, 0.25) is 0 Å². The largest absolute Gasteiger partial charge is 0.477 e. The highest BCUT2D eigenvalue weighted by Crippen LogP contribution is 2.14. The van der Waals surface area contributed by atoms with Crippen LogP contribution < -0.4 is 5.73 Å². The molecule has 0 radical (unpaired) electrons. The van der Waals surface area contributed by atoms with Crippen molar-refractivity contribution in [1.82, 2.24) is 9.38 Å². The smallest absolute Gasteiger partial charge is 0.354 e. The Bertz CT molecular complexity index is 516. The van der Waals surface area contributed by atoms with E-state index in [1.807, 2.05) is 0 Å². The topological polar surface area (TPSA) is 80.6 Å². The van der Waals surface area contributed by atoms with Gasteiger partial charge in [-0.3, -0.25) is 4.40 Å². The molecule has 0 aliphatic carbocycles. The van der Waals surface area contributed by atoms with Crippen molar-refractivity contribution < 1.29 is 9.90 Å². The zero-order valence-electron chi connectivity index (χ0n) is 7.56. The Morgan fingerprint density at radius 1 is 1.57 bits per heavy atom. The van der Waals surface area contributed by atoms with Crippen molar-refractivity contribution in [3.05, 3.63) is 29.7 Å². The summed E-state index contributed by atoms with van der Waals surface area (Å²) in [7, 11) is 0. The minimum atomic E-state index is -0.999. The van der Waals surface area contributed by atoms with Crippen molar-refractivity contribution in [2.45, 2.75) is 6.92 Å². The number of hydrogen-bond donors (Lipinski definition) is 2. The summed E-state index contributed by atoms with van der Waals surface area (Å²) in [6.45, 7) is 1.66. The van der Waals surface area contributed by atoms with Gasteiger partial charge >= 0.3 is 5.97 Å². The van der Waals surface area contributed by atoms with E-state index in [2.05, 4.69) is 4.98 Å². The number of imidazole rings is 1. The summed E-state index contributed by atoms with van der Waals surface area (Å²) in [6, 6.07) is 3.38. The molecule has 0 spiro atoms. The summed E-state index contributed by atoms with van der Waals surface area (Å²) < 4.78 is 1.48. The normalized spacial score (nSPS) is 10.6. The Hall–Kier alpha value is -2.04. The SMILES string of the molecule is Cc1nc2ccc(N)cn2c1C(=O)O. The number of fused-ring (bicyclic) bond motifs is 1. The van der Waals surface area contributed by atoms with Crippen LogP contribution in [-0.2, 0) is 0 Å². The maximum atomic E-state index is 10.9. The highest BCUT2D eigenvalue weighted by molar-refractivity contribution is 5.88. The lowest BCUT2D eigenvalue weighted by Crippen LogP contribution is -2.04. The predicted molar refractivity (Wildman–Crippen MR) is 51.3 cm³/mol. The van der Waals surface area contributed by atoms with E-state index in [0.29, 0.717) is 17.0 Å². The van der Waals surface area contributed by atoms with Crippen molar-refractivity contribution >= 4 is 17.3 Å². The fourth-order valence-corrected chi connectivity index (χ4v) is 1.44. The maximum absolute atomic E-state index is 10.9. The minimum Gasteiger partial charge on any atom is -0.477 e. The number of anilines is 1. The highest BCUT2D eigenvalue weighted by atomic mass is 16.4. The zero-order valence-corrected chi connectivity index (χ0v) is 7.56. The Morgan fingerprint density at radius 3 is 2.93 bits per heavy atom. The van der Waals surface area contributed by atoms with Gasteiger partial charge in [-0.05, 0) is 19.1 Å². The second-order valence-electron chi connectivity index (χ2n) is 3.04. The van der Waals surface area contributed by atoms with E-state index >= 15 is 0 Å². The number of aromatic carboxylic acids is 1. The molecule has 0 bridgehead atoms. The monoisotopic (exact) mass is 191 g/mol. The number of nitrogens with zero attached hydrogens (tertiary/aromatic N) is 2. The number of hydrogen-bond acceptors (Lipinski definition) is 3. The quantitative estimate of drug-likeness (QED) is 0.702. The van der Waals surface area contributed by atoms with Gasteiger partial charge in [0.1, 0.15) is 5.65 Å². The summed E-state index contributed by atoms with van der Waals surface area (Å²) in [5.41, 5.74) is 7.31. The molecular formula is C9H9N3O2. The third-order valence-corrected chi connectivity index (χ3v) is 2.02. The molecule has 14 heavy (non-hydrogen) atoms. The zero-order chi connectivity index (χ0) is 10.3. The first kappa shape index (κ1) is 8.55. The molecule has 0 aliphatic heterocycles. The number of carboxylic acids is 1. The Labute approximate surface area is 79.8 Å². The molecule has 2 rings (SSSR count). The van der Waals surface area contributed by atoms with Gasteiger partial charge in [0, 0.05) is 11.9 Å². The van der Waals surface area contributed by atoms with Crippen LogP contribution in [0.4, 0.5) is 5.69 Å². The van der Waals surface area contributed by atoms with E-state index < -0.39 is 5.97 Å². The fourth-order valence-electron chi connectivity index (χ4n) is 1.44. The average Bonchev–Trinajstić information content (AvgIpc) is 2.40. The first-order valence-electron chi connectivity index (χ1n) is 4.07. The van der Waals surface area contributed by atoms with E-state index in [4.69, 9.17) is 10.8 Å². The molecule has 5 heteroatoms. The molecule has 0 saturated carbocycles. The van der Waals surface area contributed by atoms with Crippen LogP contribution in [0, 0.1) is 6.92 Å². The van der Waals surface area contributed by atoms with Crippen LogP contribution in [0.5, 0.6) is 0 Å². The van der Waals surface area contributed by atoms with Gasteiger partial charge in [-0.15, -0.1) is 0 Å². The first-order chi connectivity index (χ1) is 6.59. The molecule has 2 heterocycles. The predicted octanol–water partition coefficient (Wildman–Crippen LogP) is 0.923. The number of carbonyl (C=O) groups is 1. The van der Waals surface area contributed by atoms with E-state index in [-0.39, 0.29) is 5.69 Å². The molecule has 0 atom stereocenters. The number of aromatic nitrogens is 2. The number of carboxylic acid groups (broad SMARTS) is 1. The molecule has 2 aromatic heterocycles. The molecule has 2 aromatic rings. The second-order valence-corrected chi connectivity index (χ2v) is 3.04. The Kier molecular flexibility index (Phi) is 1.67. The molecule has 0 amide bonds. The number of rotatable bonds is 1. The van der Waals surface area contributed by atoms with Crippen molar-refractivity contribution in [3.63, 3.8) is 0 Å².